The van der Waals surface area contributed by atoms with Crippen LogP contribution in [0.1, 0.15) is 18.5 Å². The minimum Gasteiger partial charge on any atom is -0.421 e. The van der Waals surface area contributed by atoms with Crippen molar-refractivity contribution in [2.45, 2.75) is 38.5 Å². The van der Waals surface area contributed by atoms with Crippen molar-refractivity contribution < 1.29 is 22.3 Å². The van der Waals surface area contributed by atoms with Crippen LogP contribution in [0.4, 0.5) is 29.3 Å². The number of nitrogens with one attached hydrogen (secondary N) is 1. The van der Waals surface area contributed by atoms with Gasteiger partial charge in [-0.3, -0.25) is 0 Å². The van der Waals surface area contributed by atoms with E-state index in [1.54, 1.807) is 6.33 Å². The minimum absolute atomic E-state index is 0.0000771. The molecule has 2 bridgehead atoms. The summed E-state index contributed by atoms with van der Waals surface area (Å²) < 4.78 is 59.7. The van der Waals surface area contributed by atoms with E-state index in [0.717, 1.165) is 37.4 Å². The van der Waals surface area contributed by atoms with Gasteiger partial charge in [0.15, 0.2) is 11.6 Å². The maximum Gasteiger partial charge on any atom is 0.408 e. The molecule has 8 nitrogen and oxygen atoms in total. The summed E-state index contributed by atoms with van der Waals surface area (Å²) in [7, 11) is 0. The van der Waals surface area contributed by atoms with E-state index in [9.17, 15) is 17.6 Å². The number of anilines is 2. The van der Waals surface area contributed by atoms with Gasteiger partial charge in [0.05, 0.1) is 5.02 Å². The van der Waals surface area contributed by atoms with Crippen LogP contribution in [0, 0.1) is 24.6 Å². The summed E-state index contributed by atoms with van der Waals surface area (Å²) in [4.78, 5) is 14.8. The van der Waals surface area contributed by atoms with Crippen LogP contribution >= 0.6 is 11.6 Å². The molecule has 13 heteroatoms. The van der Waals surface area contributed by atoms with E-state index in [2.05, 4.69) is 30.3 Å². The van der Waals surface area contributed by atoms with Crippen molar-refractivity contribution in [3.05, 3.63) is 47.1 Å². The Morgan fingerprint density at radius 3 is 2.60 bits per heavy atom. The maximum atomic E-state index is 14.3. The van der Waals surface area contributed by atoms with E-state index in [1.807, 2.05) is 13.0 Å². The Kier molecular flexibility index (Phi) is 6.16. The Morgan fingerprint density at radius 1 is 1.17 bits per heavy atom. The molecule has 1 N–H and O–H groups in total. The normalized spacial score (nSPS) is 21.9. The fourth-order valence-corrected chi connectivity index (χ4v) is 4.97. The standard InChI is InChI=1S/C22H22ClF4N7O/c1-12-7-17(29-11-28-12)33-8-13-5-6-14(9-33)19(13)30-20-31-21(34(32-20)10-22(25,26)27)35-16-4-2-3-15(23)18(16)24/h2-4,7,11,13-14,19H,5-6,8-10H2,1H3,(H,30,32)/t13-,14+,19?. The zero-order valence-corrected chi connectivity index (χ0v) is 19.4. The van der Waals surface area contributed by atoms with Gasteiger partial charge in [0, 0.05) is 30.9 Å². The van der Waals surface area contributed by atoms with Crippen LogP contribution in [0.2, 0.25) is 5.02 Å². The number of halogens is 5. The average molecular weight is 512 g/mol. The first-order chi connectivity index (χ1) is 16.7. The molecule has 1 aliphatic heterocycles. The van der Waals surface area contributed by atoms with Crippen LogP contribution in [0.3, 0.4) is 0 Å². The summed E-state index contributed by atoms with van der Waals surface area (Å²) in [6.45, 7) is 1.96. The lowest BCUT2D eigenvalue weighted by Gasteiger charge is -2.38. The Morgan fingerprint density at radius 2 is 1.91 bits per heavy atom. The number of alkyl halides is 3. The molecule has 1 saturated heterocycles. The molecule has 1 unspecified atom stereocenters. The van der Waals surface area contributed by atoms with Crippen molar-refractivity contribution in [1.82, 2.24) is 24.7 Å². The van der Waals surface area contributed by atoms with Crippen molar-refractivity contribution in [2.75, 3.05) is 23.3 Å². The molecule has 186 valence electrons. The predicted octanol–water partition coefficient (Wildman–Crippen LogP) is 4.85. The summed E-state index contributed by atoms with van der Waals surface area (Å²) in [6, 6.07) is 5.42. The van der Waals surface area contributed by atoms with Crippen molar-refractivity contribution >= 4 is 23.4 Å². The molecule has 0 radical (unpaired) electrons. The lowest BCUT2D eigenvalue weighted by Crippen LogP contribution is -2.48. The number of benzene rings is 1. The predicted molar refractivity (Wildman–Crippen MR) is 120 cm³/mol. The van der Waals surface area contributed by atoms with Crippen molar-refractivity contribution in [1.29, 1.82) is 0 Å². The Labute approximate surface area is 203 Å². The molecule has 3 aromatic rings. The third kappa shape index (κ3) is 5.12. The molecule has 1 aliphatic carbocycles. The van der Waals surface area contributed by atoms with Gasteiger partial charge in [-0.1, -0.05) is 17.7 Å². The molecule has 2 aliphatic rings. The number of ether oxygens (including phenoxy) is 1. The average Bonchev–Trinajstić information content (AvgIpc) is 3.24. The second-order valence-electron chi connectivity index (χ2n) is 8.84. The molecule has 3 atom stereocenters. The van der Waals surface area contributed by atoms with Gasteiger partial charge in [-0.05, 0) is 43.7 Å². The third-order valence-electron chi connectivity index (χ3n) is 6.33. The van der Waals surface area contributed by atoms with Crippen LogP contribution in [-0.4, -0.2) is 50.0 Å². The van der Waals surface area contributed by atoms with Crippen molar-refractivity contribution in [3.8, 4) is 11.8 Å². The number of fused-ring (bicyclic) bond motifs is 2. The molecule has 1 saturated carbocycles. The quantitative estimate of drug-likeness (QED) is 0.474. The van der Waals surface area contributed by atoms with E-state index >= 15 is 0 Å². The highest BCUT2D eigenvalue weighted by molar-refractivity contribution is 6.30. The van der Waals surface area contributed by atoms with Crippen LogP contribution in [-0.2, 0) is 6.54 Å². The second kappa shape index (κ2) is 9.14. The molecule has 35 heavy (non-hydrogen) atoms. The highest BCUT2D eigenvalue weighted by Crippen LogP contribution is 2.40. The lowest BCUT2D eigenvalue weighted by atomic mass is 9.92. The largest absolute Gasteiger partial charge is 0.421 e. The first-order valence-corrected chi connectivity index (χ1v) is 11.5. The molecule has 1 aromatic carbocycles. The summed E-state index contributed by atoms with van der Waals surface area (Å²) >= 11 is 5.76. The topological polar surface area (TPSA) is 81.0 Å². The third-order valence-corrected chi connectivity index (χ3v) is 6.62. The van der Waals surface area contributed by atoms with Gasteiger partial charge in [-0.2, -0.15) is 18.2 Å². The molecule has 0 spiro atoms. The highest BCUT2D eigenvalue weighted by Gasteiger charge is 2.43. The van der Waals surface area contributed by atoms with Gasteiger partial charge >= 0.3 is 12.2 Å². The molecular formula is C22H22ClF4N7O. The zero-order chi connectivity index (χ0) is 24.7. The van der Waals surface area contributed by atoms with Gasteiger partial charge < -0.3 is 15.0 Å². The fourth-order valence-electron chi connectivity index (χ4n) is 4.81. The van der Waals surface area contributed by atoms with Gasteiger partial charge in [-0.15, -0.1) is 5.10 Å². The SMILES string of the molecule is Cc1cc(N2C[C@H]3CC[C@@H](C2)C3Nc2nc(Oc3cccc(Cl)c3F)n(CC(F)(F)F)n2)ncn1. The minimum atomic E-state index is -4.57. The maximum absolute atomic E-state index is 14.3. The van der Waals surface area contributed by atoms with E-state index in [4.69, 9.17) is 16.3 Å². The summed E-state index contributed by atoms with van der Waals surface area (Å²) in [5, 5.41) is 6.98. The van der Waals surface area contributed by atoms with Crippen molar-refractivity contribution in [2.24, 2.45) is 11.8 Å². The van der Waals surface area contributed by atoms with E-state index in [0.29, 0.717) is 4.68 Å². The van der Waals surface area contributed by atoms with Gasteiger partial charge in [0.25, 0.3) is 0 Å². The molecule has 0 amide bonds. The van der Waals surface area contributed by atoms with Crippen LogP contribution in [0.15, 0.2) is 30.6 Å². The van der Waals surface area contributed by atoms with Crippen LogP contribution in [0.5, 0.6) is 11.8 Å². The first-order valence-electron chi connectivity index (χ1n) is 11.1. The lowest BCUT2D eigenvalue weighted by molar-refractivity contribution is -0.143. The number of rotatable bonds is 6. The smallest absolute Gasteiger partial charge is 0.408 e. The molecule has 5 rings (SSSR count). The summed E-state index contributed by atoms with van der Waals surface area (Å²) in [6.07, 6.45) is -1.11. The van der Waals surface area contributed by atoms with Crippen LogP contribution in [0.25, 0.3) is 0 Å². The summed E-state index contributed by atoms with van der Waals surface area (Å²) in [5.74, 6) is 0.0882. The van der Waals surface area contributed by atoms with Crippen LogP contribution < -0.4 is 15.0 Å². The Hall–Kier alpha value is -3.15. The zero-order valence-electron chi connectivity index (χ0n) is 18.6. The van der Waals surface area contributed by atoms with Gasteiger partial charge in [0.2, 0.25) is 5.95 Å². The molecule has 3 heterocycles. The molecule has 2 fully saturated rings. The Balaban J connectivity index is 1.36. The first kappa shape index (κ1) is 23.6. The highest BCUT2D eigenvalue weighted by atomic mass is 35.5. The monoisotopic (exact) mass is 511 g/mol. The van der Waals surface area contributed by atoms with E-state index < -0.39 is 24.5 Å². The molecular weight excluding hydrogens is 490 g/mol. The number of hydrogen-bond donors (Lipinski definition) is 1. The fraction of sp³-hybridized carbons (Fsp3) is 0.455. The van der Waals surface area contributed by atoms with Gasteiger partial charge in [-0.25, -0.2) is 19.0 Å². The Bertz CT molecular complexity index is 1210. The van der Waals surface area contributed by atoms with Crippen molar-refractivity contribution in [3.63, 3.8) is 0 Å². The van der Waals surface area contributed by atoms with E-state index in [1.165, 1.54) is 18.2 Å². The van der Waals surface area contributed by atoms with E-state index in [-0.39, 0.29) is 34.6 Å². The summed E-state index contributed by atoms with van der Waals surface area (Å²) in [5.41, 5.74) is 0.880. The van der Waals surface area contributed by atoms with Gasteiger partial charge in [0.1, 0.15) is 18.7 Å². The number of aromatic nitrogens is 5. The number of hydrogen-bond acceptors (Lipinski definition) is 7. The number of aryl methyl sites for hydroxylation is 1. The number of nitrogens with zero attached hydrogens (tertiary/aromatic N) is 6. The molecule has 2 aromatic heterocycles. The number of piperidine rings is 1. The second-order valence-corrected chi connectivity index (χ2v) is 9.24.